The molecule has 20 heavy (non-hydrogen) atoms. The van der Waals surface area contributed by atoms with Crippen molar-refractivity contribution in [2.75, 3.05) is 0 Å². The zero-order valence-corrected chi connectivity index (χ0v) is 12.3. The van der Waals surface area contributed by atoms with E-state index in [0.717, 1.165) is 22.0 Å². The molecule has 2 aromatic rings. The van der Waals surface area contributed by atoms with E-state index >= 15 is 0 Å². The molecule has 1 aromatic heterocycles. The first kappa shape index (κ1) is 13.7. The molecular weight excluding hydrogens is 255 g/mol. The molecule has 0 amide bonds. The SMILES string of the molecule is CC1(C)OB(c2cc(CO)cc3ccoc23)OC1(C)C. The summed E-state index contributed by atoms with van der Waals surface area (Å²) in [4.78, 5) is 0. The topological polar surface area (TPSA) is 51.8 Å². The van der Waals surface area contributed by atoms with Gasteiger partial charge in [0.25, 0.3) is 0 Å². The molecule has 1 saturated heterocycles. The van der Waals surface area contributed by atoms with Crippen LogP contribution in [0.1, 0.15) is 33.3 Å². The Morgan fingerprint density at radius 1 is 1.10 bits per heavy atom. The van der Waals surface area contributed by atoms with Crippen molar-refractivity contribution in [3.63, 3.8) is 0 Å². The summed E-state index contributed by atoms with van der Waals surface area (Å²) in [6, 6.07) is 5.67. The van der Waals surface area contributed by atoms with Crippen LogP contribution in [0.3, 0.4) is 0 Å². The molecule has 0 aliphatic carbocycles. The number of rotatable bonds is 2. The molecule has 0 unspecified atom stereocenters. The number of fused-ring (bicyclic) bond motifs is 1. The Morgan fingerprint density at radius 2 is 1.75 bits per heavy atom. The Balaban J connectivity index is 2.09. The Hall–Kier alpha value is -1.30. The predicted molar refractivity (Wildman–Crippen MR) is 77.9 cm³/mol. The van der Waals surface area contributed by atoms with Crippen LogP contribution in [0.2, 0.25) is 0 Å². The molecule has 0 saturated carbocycles. The van der Waals surface area contributed by atoms with Crippen molar-refractivity contribution in [1.29, 1.82) is 0 Å². The smallest absolute Gasteiger partial charge is 0.465 e. The number of aliphatic hydroxyl groups is 1. The van der Waals surface area contributed by atoms with Crippen molar-refractivity contribution in [2.45, 2.75) is 45.5 Å². The molecule has 0 spiro atoms. The van der Waals surface area contributed by atoms with Crippen LogP contribution in [0, 0.1) is 0 Å². The third-order valence-electron chi connectivity index (χ3n) is 4.33. The van der Waals surface area contributed by atoms with E-state index in [0.29, 0.717) is 0 Å². The maximum absolute atomic E-state index is 9.39. The van der Waals surface area contributed by atoms with Crippen molar-refractivity contribution in [3.05, 3.63) is 30.0 Å². The van der Waals surface area contributed by atoms with E-state index < -0.39 is 18.3 Å². The van der Waals surface area contributed by atoms with Gasteiger partial charge in [0.1, 0.15) is 5.58 Å². The molecule has 3 rings (SSSR count). The molecule has 1 aliphatic heterocycles. The van der Waals surface area contributed by atoms with Crippen molar-refractivity contribution >= 4 is 23.6 Å². The summed E-state index contributed by atoms with van der Waals surface area (Å²) in [5.74, 6) is 0. The summed E-state index contributed by atoms with van der Waals surface area (Å²) < 4.78 is 17.7. The second kappa shape index (κ2) is 4.35. The van der Waals surface area contributed by atoms with Crippen LogP contribution in [-0.4, -0.2) is 23.4 Å². The van der Waals surface area contributed by atoms with Crippen LogP contribution >= 0.6 is 0 Å². The molecule has 1 N–H and O–H groups in total. The van der Waals surface area contributed by atoms with Gasteiger partial charge in [-0.2, -0.15) is 0 Å². The lowest BCUT2D eigenvalue weighted by Gasteiger charge is -2.32. The number of furan rings is 1. The Bertz CT molecular complexity index is 628. The molecule has 1 aliphatic rings. The fourth-order valence-electron chi connectivity index (χ4n) is 2.41. The van der Waals surface area contributed by atoms with E-state index in [4.69, 9.17) is 13.7 Å². The molecule has 5 heteroatoms. The highest BCUT2D eigenvalue weighted by Crippen LogP contribution is 2.37. The molecular formula is C15H19BO4. The minimum absolute atomic E-state index is 0.0202. The lowest BCUT2D eigenvalue weighted by atomic mass is 9.77. The molecule has 0 radical (unpaired) electrons. The predicted octanol–water partition coefficient (Wildman–Crippen LogP) is 2.22. The van der Waals surface area contributed by atoms with E-state index in [1.165, 1.54) is 0 Å². The lowest BCUT2D eigenvalue weighted by molar-refractivity contribution is 0.00578. The highest BCUT2D eigenvalue weighted by molar-refractivity contribution is 6.64. The Labute approximate surface area is 118 Å². The summed E-state index contributed by atoms with van der Waals surface area (Å²) >= 11 is 0. The summed E-state index contributed by atoms with van der Waals surface area (Å²) in [7, 11) is -0.486. The van der Waals surface area contributed by atoms with Crippen molar-refractivity contribution in [2.24, 2.45) is 0 Å². The molecule has 0 bridgehead atoms. The van der Waals surface area contributed by atoms with Crippen LogP contribution in [0.4, 0.5) is 0 Å². The minimum atomic E-state index is -0.486. The second-order valence-corrected chi connectivity index (χ2v) is 6.27. The third kappa shape index (κ3) is 1.97. The van der Waals surface area contributed by atoms with Crippen molar-refractivity contribution in [3.8, 4) is 0 Å². The normalized spacial score (nSPS) is 20.8. The first-order chi connectivity index (χ1) is 9.34. The number of hydrogen-bond acceptors (Lipinski definition) is 4. The van der Waals surface area contributed by atoms with Gasteiger partial charge >= 0.3 is 7.12 Å². The third-order valence-corrected chi connectivity index (χ3v) is 4.33. The standard InChI is InChI=1S/C15H19BO4/c1-14(2)15(3,4)20-16(19-14)12-8-10(9-17)7-11-5-6-18-13(11)12/h5-8,17H,9H2,1-4H3. The first-order valence-corrected chi connectivity index (χ1v) is 6.80. The zero-order chi connectivity index (χ0) is 14.5. The number of aliphatic hydroxyl groups excluding tert-OH is 1. The maximum Gasteiger partial charge on any atom is 0.498 e. The van der Waals surface area contributed by atoms with E-state index in [1.807, 2.05) is 45.9 Å². The maximum atomic E-state index is 9.39. The van der Waals surface area contributed by atoms with Crippen molar-refractivity contribution in [1.82, 2.24) is 0 Å². The van der Waals surface area contributed by atoms with Gasteiger partial charge in [-0.05, 0) is 45.4 Å². The summed E-state index contributed by atoms with van der Waals surface area (Å²) in [5, 5.41) is 10.3. The Morgan fingerprint density at radius 3 is 2.35 bits per heavy atom. The summed E-state index contributed by atoms with van der Waals surface area (Å²) in [5.41, 5.74) is 1.61. The minimum Gasteiger partial charge on any atom is -0.465 e. The van der Waals surface area contributed by atoms with E-state index in [1.54, 1.807) is 6.26 Å². The second-order valence-electron chi connectivity index (χ2n) is 6.27. The average Bonchev–Trinajstić information content (AvgIpc) is 2.90. The van der Waals surface area contributed by atoms with Crippen LogP contribution in [-0.2, 0) is 15.9 Å². The number of hydrogen-bond donors (Lipinski definition) is 1. The zero-order valence-electron chi connectivity index (χ0n) is 12.3. The molecule has 106 valence electrons. The lowest BCUT2D eigenvalue weighted by Crippen LogP contribution is -2.41. The molecule has 0 atom stereocenters. The molecule has 1 aromatic carbocycles. The average molecular weight is 274 g/mol. The van der Waals surface area contributed by atoms with Crippen LogP contribution in [0.25, 0.3) is 11.0 Å². The largest absolute Gasteiger partial charge is 0.498 e. The van der Waals surface area contributed by atoms with Gasteiger partial charge in [0.2, 0.25) is 0 Å². The summed E-state index contributed by atoms with van der Waals surface area (Å²) in [6.45, 7) is 8.04. The van der Waals surface area contributed by atoms with E-state index in [9.17, 15) is 5.11 Å². The van der Waals surface area contributed by atoms with Gasteiger partial charge in [-0.1, -0.05) is 6.07 Å². The van der Waals surface area contributed by atoms with Gasteiger partial charge in [-0.3, -0.25) is 0 Å². The van der Waals surface area contributed by atoms with Gasteiger partial charge in [0, 0.05) is 10.8 Å². The highest BCUT2D eigenvalue weighted by atomic mass is 16.7. The molecule has 1 fully saturated rings. The highest BCUT2D eigenvalue weighted by Gasteiger charge is 2.52. The summed E-state index contributed by atoms with van der Waals surface area (Å²) in [6.07, 6.45) is 1.64. The fraction of sp³-hybridized carbons (Fsp3) is 0.467. The Kier molecular flexibility index (Phi) is 2.97. The van der Waals surface area contributed by atoms with Crippen LogP contribution < -0.4 is 5.46 Å². The van der Waals surface area contributed by atoms with Gasteiger partial charge in [-0.15, -0.1) is 0 Å². The fourth-order valence-corrected chi connectivity index (χ4v) is 2.41. The first-order valence-electron chi connectivity index (χ1n) is 6.80. The quantitative estimate of drug-likeness (QED) is 0.853. The van der Waals surface area contributed by atoms with Gasteiger partial charge in [0.05, 0.1) is 24.1 Å². The monoisotopic (exact) mass is 274 g/mol. The van der Waals surface area contributed by atoms with Gasteiger partial charge < -0.3 is 18.8 Å². The van der Waals surface area contributed by atoms with Gasteiger partial charge in [-0.25, -0.2) is 0 Å². The van der Waals surface area contributed by atoms with E-state index in [2.05, 4.69) is 0 Å². The number of benzene rings is 1. The van der Waals surface area contributed by atoms with Crippen LogP contribution in [0.15, 0.2) is 28.9 Å². The van der Waals surface area contributed by atoms with Gasteiger partial charge in [0.15, 0.2) is 0 Å². The van der Waals surface area contributed by atoms with E-state index in [-0.39, 0.29) is 6.61 Å². The van der Waals surface area contributed by atoms with Crippen molar-refractivity contribution < 1.29 is 18.8 Å². The van der Waals surface area contributed by atoms with Crippen LogP contribution in [0.5, 0.6) is 0 Å². The molecule has 4 nitrogen and oxygen atoms in total. The molecule has 2 heterocycles.